The first kappa shape index (κ1) is 9.04. The van der Waals surface area contributed by atoms with Gasteiger partial charge in [0.25, 0.3) is 0 Å². The molecule has 1 atom stereocenters. The lowest BCUT2D eigenvalue weighted by atomic mass is 10.0. The second kappa shape index (κ2) is 3.69. The first-order valence-corrected chi connectivity index (χ1v) is 5.03. The summed E-state index contributed by atoms with van der Waals surface area (Å²) in [7, 11) is 0. The summed E-state index contributed by atoms with van der Waals surface area (Å²) in [4.78, 5) is 0. The van der Waals surface area contributed by atoms with Gasteiger partial charge in [0.2, 0.25) is 0 Å². The van der Waals surface area contributed by atoms with Crippen LogP contribution in [-0.4, -0.2) is 6.61 Å². The standard InChI is InChI=1S/C11H13ClO/c1-8-7-9(12)4-5-10(8)11-3-2-6-13-11/h4-5,7,11H,2-3,6H2,1H3/t11-/m0/s1. The molecule has 0 unspecified atom stereocenters. The molecule has 1 saturated heterocycles. The molecule has 0 aromatic heterocycles. The molecule has 1 nitrogen and oxygen atoms in total. The van der Waals surface area contributed by atoms with Gasteiger partial charge in [-0.2, -0.15) is 0 Å². The first-order valence-electron chi connectivity index (χ1n) is 4.65. The van der Waals surface area contributed by atoms with E-state index in [9.17, 15) is 0 Å². The third-order valence-corrected chi connectivity index (χ3v) is 2.74. The lowest BCUT2D eigenvalue weighted by Crippen LogP contribution is -1.98. The lowest BCUT2D eigenvalue weighted by Gasteiger charge is -2.12. The summed E-state index contributed by atoms with van der Waals surface area (Å²) >= 11 is 5.88. The summed E-state index contributed by atoms with van der Waals surface area (Å²) in [6.45, 7) is 2.98. The number of ether oxygens (including phenoxy) is 1. The molecule has 1 aromatic carbocycles. The van der Waals surface area contributed by atoms with E-state index in [1.807, 2.05) is 12.1 Å². The predicted octanol–water partition coefficient (Wildman–Crippen LogP) is 3.50. The van der Waals surface area contributed by atoms with Crippen molar-refractivity contribution < 1.29 is 4.74 Å². The monoisotopic (exact) mass is 196 g/mol. The van der Waals surface area contributed by atoms with Crippen LogP contribution in [0.25, 0.3) is 0 Å². The molecule has 0 aliphatic carbocycles. The minimum atomic E-state index is 0.303. The Balaban J connectivity index is 2.29. The van der Waals surface area contributed by atoms with Crippen LogP contribution >= 0.6 is 11.6 Å². The van der Waals surface area contributed by atoms with Crippen LogP contribution < -0.4 is 0 Å². The Kier molecular flexibility index (Phi) is 2.56. The Morgan fingerprint density at radius 2 is 2.31 bits per heavy atom. The predicted molar refractivity (Wildman–Crippen MR) is 54.1 cm³/mol. The summed E-state index contributed by atoms with van der Waals surface area (Å²) in [5.74, 6) is 0. The molecule has 2 rings (SSSR count). The van der Waals surface area contributed by atoms with Crippen LogP contribution in [0.4, 0.5) is 0 Å². The molecule has 0 N–H and O–H groups in total. The smallest absolute Gasteiger partial charge is 0.0828 e. The van der Waals surface area contributed by atoms with Gasteiger partial charge in [-0.25, -0.2) is 0 Å². The van der Waals surface area contributed by atoms with Crippen molar-refractivity contribution in [3.8, 4) is 0 Å². The summed E-state index contributed by atoms with van der Waals surface area (Å²) < 4.78 is 5.62. The van der Waals surface area contributed by atoms with Gasteiger partial charge in [0.1, 0.15) is 0 Å². The van der Waals surface area contributed by atoms with E-state index in [0.717, 1.165) is 18.1 Å². The van der Waals surface area contributed by atoms with E-state index in [-0.39, 0.29) is 0 Å². The van der Waals surface area contributed by atoms with Gasteiger partial charge in [0.05, 0.1) is 6.10 Å². The highest BCUT2D eigenvalue weighted by Gasteiger charge is 2.18. The quantitative estimate of drug-likeness (QED) is 0.668. The van der Waals surface area contributed by atoms with Crippen LogP contribution in [0.2, 0.25) is 5.02 Å². The van der Waals surface area contributed by atoms with Crippen molar-refractivity contribution in [1.82, 2.24) is 0 Å². The zero-order valence-electron chi connectivity index (χ0n) is 7.72. The zero-order valence-corrected chi connectivity index (χ0v) is 8.47. The van der Waals surface area contributed by atoms with Gasteiger partial charge in [-0.1, -0.05) is 17.7 Å². The van der Waals surface area contributed by atoms with Gasteiger partial charge in [-0.15, -0.1) is 0 Å². The summed E-state index contributed by atoms with van der Waals surface area (Å²) in [6.07, 6.45) is 2.62. The highest BCUT2D eigenvalue weighted by Crippen LogP contribution is 2.31. The molecule has 0 spiro atoms. The van der Waals surface area contributed by atoms with Crippen molar-refractivity contribution in [3.05, 3.63) is 34.3 Å². The Labute approximate surface area is 83.7 Å². The number of rotatable bonds is 1. The maximum Gasteiger partial charge on any atom is 0.0828 e. The fraction of sp³-hybridized carbons (Fsp3) is 0.455. The molecule has 1 heterocycles. The number of hydrogen-bond acceptors (Lipinski definition) is 1. The fourth-order valence-corrected chi connectivity index (χ4v) is 2.05. The third-order valence-electron chi connectivity index (χ3n) is 2.51. The highest BCUT2D eigenvalue weighted by atomic mass is 35.5. The van der Waals surface area contributed by atoms with Crippen molar-refractivity contribution in [1.29, 1.82) is 0 Å². The van der Waals surface area contributed by atoms with Gasteiger partial charge in [0.15, 0.2) is 0 Å². The minimum Gasteiger partial charge on any atom is -0.374 e. The molecule has 0 radical (unpaired) electrons. The van der Waals surface area contributed by atoms with Gasteiger partial charge < -0.3 is 4.74 Å². The van der Waals surface area contributed by atoms with Crippen molar-refractivity contribution in [3.63, 3.8) is 0 Å². The fourth-order valence-electron chi connectivity index (χ4n) is 1.82. The van der Waals surface area contributed by atoms with E-state index in [1.54, 1.807) is 0 Å². The van der Waals surface area contributed by atoms with Crippen LogP contribution in [0, 0.1) is 6.92 Å². The SMILES string of the molecule is Cc1cc(Cl)ccc1[C@@H]1CCCO1. The van der Waals surface area contributed by atoms with Crippen molar-refractivity contribution in [2.45, 2.75) is 25.9 Å². The Bertz CT molecular complexity index is 303. The molecule has 1 aliphatic rings. The average Bonchev–Trinajstić information content (AvgIpc) is 2.56. The van der Waals surface area contributed by atoms with Crippen molar-refractivity contribution in [2.75, 3.05) is 6.61 Å². The Morgan fingerprint density at radius 1 is 1.46 bits per heavy atom. The zero-order chi connectivity index (χ0) is 9.26. The molecule has 2 heteroatoms. The van der Waals surface area contributed by atoms with Gasteiger partial charge in [-0.05, 0) is 43.0 Å². The van der Waals surface area contributed by atoms with E-state index in [2.05, 4.69) is 13.0 Å². The van der Waals surface area contributed by atoms with Gasteiger partial charge in [0, 0.05) is 11.6 Å². The molecule has 1 fully saturated rings. The van der Waals surface area contributed by atoms with E-state index >= 15 is 0 Å². The van der Waals surface area contributed by atoms with Crippen LogP contribution in [-0.2, 0) is 4.74 Å². The molecule has 1 aromatic rings. The topological polar surface area (TPSA) is 9.23 Å². The molecule has 70 valence electrons. The number of halogens is 1. The normalized spacial score (nSPS) is 22.2. The minimum absolute atomic E-state index is 0.303. The maximum absolute atomic E-state index is 5.88. The van der Waals surface area contributed by atoms with E-state index in [1.165, 1.54) is 17.5 Å². The lowest BCUT2D eigenvalue weighted by molar-refractivity contribution is 0.111. The molecule has 13 heavy (non-hydrogen) atoms. The number of aryl methyl sites for hydroxylation is 1. The Hall–Kier alpha value is -0.530. The molecule has 0 bridgehead atoms. The van der Waals surface area contributed by atoms with Crippen molar-refractivity contribution >= 4 is 11.6 Å². The number of benzene rings is 1. The average molecular weight is 197 g/mol. The first-order chi connectivity index (χ1) is 6.27. The molecular weight excluding hydrogens is 184 g/mol. The van der Waals surface area contributed by atoms with Crippen LogP contribution in [0.1, 0.15) is 30.1 Å². The molecular formula is C11H13ClO. The molecule has 0 saturated carbocycles. The second-order valence-electron chi connectivity index (χ2n) is 3.50. The van der Waals surface area contributed by atoms with Crippen LogP contribution in [0.3, 0.4) is 0 Å². The van der Waals surface area contributed by atoms with Crippen LogP contribution in [0.5, 0.6) is 0 Å². The highest BCUT2D eigenvalue weighted by molar-refractivity contribution is 6.30. The van der Waals surface area contributed by atoms with Gasteiger partial charge >= 0.3 is 0 Å². The number of hydrogen-bond donors (Lipinski definition) is 0. The largest absolute Gasteiger partial charge is 0.374 e. The molecule has 0 amide bonds. The Morgan fingerprint density at radius 3 is 2.92 bits per heavy atom. The van der Waals surface area contributed by atoms with E-state index < -0.39 is 0 Å². The second-order valence-corrected chi connectivity index (χ2v) is 3.94. The van der Waals surface area contributed by atoms with Gasteiger partial charge in [-0.3, -0.25) is 0 Å². The third kappa shape index (κ3) is 1.87. The summed E-state index contributed by atoms with van der Waals surface area (Å²) in [6, 6.07) is 6.01. The van der Waals surface area contributed by atoms with E-state index in [0.29, 0.717) is 6.10 Å². The summed E-state index contributed by atoms with van der Waals surface area (Å²) in [5, 5.41) is 0.805. The van der Waals surface area contributed by atoms with E-state index in [4.69, 9.17) is 16.3 Å². The van der Waals surface area contributed by atoms with Crippen molar-refractivity contribution in [2.24, 2.45) is 0 Å². The maximum atomic E-state index is 5.88. The van der Waals surface area contributed by atoms with Crippen LogP contribution in [0.15, 0.2) is 18.2 Å². The summed E-state index contributed by atoms with van der Waals surface area (Å²) in [5.41, 5.74) is 2.53. The molecule has 1 aliphatic heterocycles.